The molecule has 6 heteroatoms. The van der Waals surface area contributed by atoms with Gasteiger partial charge in [-0.1, -0.05) is 72.3 Å². The quantitative estimate of drug-likeness (QED) is 0.311. The lowest BCUT2D eigenvalue weighted by Gasteiger charge is -2.27. The van der Waals surface area contributed by atoms with Crippen LogP contribution in [0.1, 0.15) is 28.1 Å². The van der Waals surface area contributed by atoms with E-state index >= 15 is 0 Å². The van der Waals surface area contributed by atoms with Gasteiger partial charge in [0.15, 0.2) is 5.60 Å². The van der Waals surface area contributed by atoms with Gasteiger partial charge in [0.25, 0.3) is 5.91 Å². The molecule has 0 saturated heterocycles. The van der Waals surface area contributed by atoms with E-state index in [1.54, 1.807) is 54.7 Å². The van der Waals surface area contributed by atoms with Crippen LogP contribution in [-0.2, 0) is 10.4 Å². The Bertz CT molecular complexity index is 1240. The van der Waals surface area contributed by atoms with Gasteiger partial charge in [0.05, 0.1) is 6.21 Å². The van der Waals surface area contributed by atoms with Crippen LogP contribution in [0.25, 0.3) is 5.69 Å². The number of nitrogens with zero attached hydrogens (tertiary/aromatic N) is 2. The molecule has 0 spiro atoms. The molecule has 0 aliphatic heterocycles. The van der Waals surface area contributed by atoms with Gasteiger partial charge in [0, 0.05) is 27.7 Å². The lowest BCUT2D eigenvalue weighted by atomic mass is 9.85. The van der Waals surface area contributed by atoms with Crippen molar-refractivity contribution in [1.29, 1.82) is 0 Å². The maximum atomic E-state index is 13.2. The van der Waals surface area contributed by atoms with Crippen molar-refractivity contribution in [3.8, 4) is 5.69 Å². The molecule has 0 atom stereocenters. The van der Waals surface area contributed by atoms with E-state index in [1.165, 1.54) is 0 Å². The number of hydrazone groups is 1. The van der Waals surface area contributed by atoms with E-state index in [-0.39, 0.29) is 0 Å². The molecule has 0 saturated carbocycles. The highest BCUT2D eigenvalue weighted by Crippen LogP contribution is 2.30. The second kappa shape index (κ2) is 9.45. The summed E-state index contributed by atoms with van der Waals surface area (Å²) in [5, 5.41) is 16.3. The average Bonchev–Trinajstić information content (AvgIpc) is 3.13. The van der Waals surface area contributed by atoms with Crippen LogP contribution in [0.2, 0.25) is 5.02 Å². The third-order valence-electron chi connectivity index (χ3n) is 5.64. The molecule has 33 heavy (non-hydrogen) atoms. The number of benzene rings is 3. The Kier molecular flexibility index (Phi) is 6.45. The molecule has 3 aromatic carbocycles. The van der Waals surface area contributed by atoms with Gasteiger partial charge in [-0.05, 0) is 55.3 Å². The number of amides is 1. The Morgan fingerprint density at radius 1 is 0.939 bits per heavy atom. The van der Waals surface area contributed by atoms with Crippen LogP contribution in [0.5, 0.6) is 0 Å². The summed E-state index contributed by atoms with van der Waals surface area (Å²) in [5.74, 6) is -0.636. The Morgan fingerprint density at radius 2 is 1.48 bits per heavy atom. The standard InChI is InChI=1S/C27H24ClN3O2/c1-19-17-21(20(2)31(19)25-15-13-24(28)14-16-25)18-29-30-26(32)27(33,22-9-5-3-6-10-22)23-11-7-4-8-12-23/h3-18,33H,1-2H3,(H,30,32)/b29-18+. The number of aryl methyl sites for hydroxylation is 1. The Hall–Kier alpha value is -3.67. The van der Waals surface area contributed by atoms with Crippen molar-refractivity contribution in [3.05, 3.63) is 124 Å². The van der Waals surface area contributed by atoms with Gasteiger partial charge in [0.2, 0.25) is 0 Å². The largest absolute Gasteiger partial charge is 0.372 e. The lowest BCUT2D eigenvalue weighted by Crippen LogP contribution is -2.43. The summed E-state index contributed by atoms with van der Waals surface area (Å²) >= 11 is 6.02. The van der Waals surface area contributed by atoms with E-state index in [0.29, 0.717) is 16.1 Å². The molecule has 166 valence electrons. The van der Waals surface area contributed by atoms with Crippen molar-refractivity contribution in [2.75, 3.05) is 0 Å². The maximum absolute atomic E-state index is 13.2. The fourth-order valence-electron chi connectivity index (χ4n) is 3.93. The number of carbonyl (C=O) groups is 1. The van der Waals surface area contributed by atoms with Gasteiger partial charge < -0.3 is 9.67 Å². The summed E-state index contributed by atoms with van der Waals surface area (Å²) in [6.45, 7) is 3.98. The van der Waals surface area contributed by atoms with E-state index in [4.69, 9.17) is 11.6 Å². The zero-order valence-electron chi connectivity index (χ0n) is 18.4. The summed E-state index contributed by atoms with van der Waals surface area (Å²) in [4.78, 5) is 13.2. The van der Waals surface area contributed by atoms with Crippen molar-refractivity contribution in [2.45, 2.75) is 19.4 Å². The first kappa shape index (κ1) is 22.5. The number of rotatable bonds is 6. The monoisotopic (exact) mass is 457 g/mol. The lowest BCUT2D eigenvalue weighted by molar-refractivity contribution is -0.136. The second-order valence-corrected chi connectivity index (χ2v) is 8.22. The molecule has 1 amide bonds. The SMILES string of the molecule is Cc1cc(/C=N/NC(=O)C(O)(c2ccccc2)c2ccccc2)c(C)n1-c1ccc(Cl)cc1. The van der Waals surface area contributed by atoms with Crippen LogP contribution >= 0.6 is 11.6 Å². The highest BCUT2D eigenvalue weighted by Gasteiger charge is 2.39. The van der Waals surface area contributed by atoms with Crippen LogP contribution in [0, 0.1) is 13.8 Å². The third-order valence-corrected chi connectivity index (χ3v) is 5.89. The smallest absolute Gasteiger partial charge is 0.281 e. The van der Waals surface area contributed by atoms with E-state index in [2.05, 4.69) is 15.1 Å². The van der Waals surface area contributed by atoms with Crippen LogP contribution < -0.4 is 5.43 Å². The van der Waals surface area contributed by atoms with Crippen molar-refractivity contribution in [3.63, 3.8) is 0 Å². The molecule has 0 bridgehead atoms. The zero-order chi connectivity index (χ0) is 23.4. The molecule has 4 rings (SSSR count). The number of halogens is 1. The van der Waals surface area contributed by atoms with Crippen LogP contribution in [0.4, 0.5) is 0 Å². The summed E-state index contributed by atoms with van der Waals surface area (Å²) < 4.78 is 2.09. The van der Waals surface area contributed by atoms with Crippen molar-refractivity contribution >= 4 is 23.7 Å². The molecule has 1 heterocycles. The topological polar surface area (TPSA) is 66.6 Å². The molecule has 0 aliphatic carbocycles. The Balaban J connectivity index is 1.61. The first-order valence-corrected chi connectivity index (χ1v) is 10.9. The summed E-state index contributed by atoms with van der Waals surface area (Å²) in [7, 11) is 0. The van der Waals surface area contributed by atoms with E-state index < -0.39 is 11.5 Å². The molecule has 0 fully saturated rings. The van der Waals surface area contributed by atoms with E-state index in [1.807, 2.05) is 56.3 Å². The Morgan fingerprint density at radius 3 is 2.03 bits per heavy atom. The maximum Gasteiger partial charge on any atom is 0.281 e. The first-order chi connectivity index (χ1) is 15.9. The number of hydrogen-bond donors (Lipinski definition) is 2. The van der Waals surface area contributed by atoms with E-state index in [9.17, 15) is 9.90 Å². The van der Waals surface area contributed by atoms with Gasteiger partial charge in [-0.25, -0.2) is 5.43 Å². The summed E-state index contributed by atoms with van der Waals surface area (Å²) in [6.07, 6.45) is 1.59. The summed E-state index contributed by atoms with van der Waals surface area (Å²) in [5.41, 5.74) is 5.40. The third kappa shape index (κ3) is 4.46. The molecule has 0 unspecified atom stereocenters. The van der Waals surface area contributed by atoms with Gasteiger partial charge >= 0.3 is 0 Å². The molecule has 0 radical (unpaired) electrons. The van der Waals surface area contributed by atoms with Gasteiger partial charge in [0.1, 0.15) is 0 Å². The zero-order valence-corrected chi connectivity index (χ0v) is 19.1. The second-order valence-electron chi connectivity index (χ2n) is 7.78. The minimum absolute atomic E-state index is 0.463. The van der Waals surface area contributed by atoms with Crippen molar-refractivity contribution < 1.29 is 9.90 Å². The van der Waals surface area contributed by atoms with Crippen molar-refractivity contribution in [2.24, 2.45) is 5.10 Å². The van der Waals surface area contributed by atoms with Crippen LogP contribution in [0.15, 0.2) is 96.1 Å². The minimum Gasteiger partial charge on any atom is -0.372 e. The molecular formula is C27H24ClN3O2. The number of nitrogens with one attached hydrogen (secondary N) is 1. The predicted octanol–water partition coefficient (Wildman–Crippen LogP) is 5.13. The molecular weight excluding hydrogens is 434 g/mol. The number of carbonyl (C=O) groups excluding carboxylic acids is 1. The average molecular weight is 458 g/mol. The van der Waals surface area contributed by atoms with Crippen molar-refractivity contribution in [1.82, 2.24) is 9.99 Å². The fourth-order valence-corrected chi connectivity index (χ4v) is 4.06. The minimum atomic E-state index is -1.87. The highest BCUT2D eigenvalue weighted by atomic mass is 35.5. The van der Waals surface area contributed by atoms with Gasteiger partial charge in [-0.2, -0.15) is 5.10 Å². The first-order valence-electron chi connectivity index (χ1n) is 10.5. The molecule has 0 aliphatic rings. The van der Waals surface area contributed by atoms with Crippen LogP contribution in [-0.4, -0.2) is 21.8 Å². The normalized spacial score (nSPS) is 11.6. The van der Waals surface area contributed by atoms with Gasteiger partial charge in [-0.3, -0.25) is 4.79 Å². The molecule has 1 aromatic heterocycles. The molecule has 5 nitrogen and oxygen atoms in total. The Labute approximate surface area is 198 Å². The van der Waals surface area contributed by atoms with Crippen LogP contribution in [0.3, 0.4) is 0 Å². The fraction of sp³-hybridized carbons (Fsp3) is 0.111. The number of aliphatic hydroxyl groups is 1. The summed E-state index contributed by atoms with van der Waals surface area (Å²) in [6, 6.07) is 27.3. The predicted molar refractivity (Wildman–Crippen MR) is 132 cm³/mol. The number of aromatic nitrogens is 1. The molecule has 4 aromatic rings. The molecule has 2 N–H and O–H groups in total. The number of hydrogen-bond acceptors (Lipinski definition) is 3. The highest BCUT2D eigenvalue weighted by molar-refractivity contribution is 6.30. The van der Waals surface area contributed by atoms with E-state index in [0.717, 1.165) is 22.6 Å². The van der Waals surface area contributed by atoms with Gasteiger partial charge in [-0.15, -0.1) is 0 Å².